The summed E-state index contributed by atoms with van der Waals surface area (Å²) in [5.41, 5.74) is 6.36. The zero-order valence-electron chi connectivity index (χ0n) is 11.6. The first-order valence-electron chi connectivity index (χ1n) is 6.30. The van der Waals surface area contributed by atoms with Crippen LogP contribution in [0.5, 0.6) is 5.88 Å². The van der Waals surface area contributed by atoms with Crippen molar-refractivity contribution in [3.05, 3.63) is 12.1 Å². The van der Waals surface area contributed by atoms with Gasteiger partial charge in [-0.2, -0.15) is 4.98 Å². The topological polar surface area (TPSA) is 69.4 Å². The maximum Gasteiger partial charge on any atom is 0.239 e. The summed E-state index contributed by atoms with van der Waals surface area (Å²) < 4.78 is 10.9. The number of nitrogen functional groups attached to an aromatic ring is 1. The zero-order chi connectivity index (χ0) is 13.5. The summed E-state index contributed by atoms with van der Waals surface area (Å²) in [4.78, 5) is 4.35. The van der Waals surface area contributed by atoms with Crippen molar-refractivity contribution in [1.29, 1.82) is 0 Å². The van der Waals surface area contributed by atoms with Crippen LogP contribution >= 0.6 is 0 Å². The van der Waals surface area contributed by atoms with Gasteiger partial charge in [0.15, 0.2) is 0 Å². The van der Waals surface area contributed by atoms with Crippen LogP contribution < -0.4 is 15.8 Å². The Morgan fingerprint density at radius 1 is 1.33 bits per heavy atom. The summed E-state index contributed by atoms with van der Waals surface area (Å²) >= 11 is 0. The molecule has 1 aromatic rings. The quantitative estimate of drug-likeness (QED) is 0.780. The summed E-state index contributed by atoms with van der Waals surface area (Å²) in [7, 11) is 0. The van der Waals surface area contributed by atoms with E-state index in [0.29, 0.717) is 24.8 Å². The number of ether oxygens (including phenoxy) is 2. The van der Waals surface area contributed by atoms with Gasteiger partial charge in [-0.3, -0.25) is 0 Å². The van der Waals surface area contributed by atoms with E-state index in [-0.39, 0.29) is 12.1 Å². The lowest BCUT2D eigenvalue weighted by atomic mass is 10.3. The number of aromatic nitrogens is 1. The van der Waals surface area contributed by atoms with Gasteiger partial charge in [0.25, 0.3) is 0 Å². The molecule has 5 nitrogen and oxygen atoms in total. The van der Waals surface area contributed by atoms with Gasteiger partial charge in [0, 0.05) is 12.6 Å². The summed E-state index contributed by atoms with van der Waals surface area (Å²) in [6.07, 6.45) is 0.0518. The minimum absolute atomic E-state index is 0.0518. The number of rotatable bonds is 7. The molecule has 102 valence electrons. The SMILES string of the molecule is CCOCC(C)Nc1ccc(N)c(OC(C)C)n1. The number of nitrogens with two attached hydrogens (primary N) is 1. The van der Waals surface area contributed by atoms with Gasteiger partial charge >= 0.3 is 0 Å². The molecule has 0 radical (unpaired) electrons. The fraction of sp³-hybridized carbons (Fsp3) is 0.615. The summed E-state index contributed by atoms with van der Waals surface area (Å²) in [5, 5.41) is 3.25. The van der Waals surface area contributed by atoms with Crippen molar-refractivity contribution < 1.29 is 9.47 Å². The lowest BCUT2D eigenvalue weighted by Gasteiger charge is -2.16. The third-order valence-corrected chi connectivity index (χ3v) is 2.20. The van der Waals surface area contributed by atoms with E-state index in [1.165, 1.54) is 0 Å². The number of hydrogen-bond acceptors (Lipinski definition) is 5. The van der Waals surface area contributed by atoms with Crippen LogP contribution in [0.1, 0.15) is 27.7 Å². The van der Waals surface area contributed by atoms with Crippen molar-refractivity contribution in [3.63, 3.8) is 0 Å². The molecule has 1 unspecified atom stereocenters. The molecule has 0 aliphatic heterocycles. The van der Waals surface area contributed by atoms with Crippen molar-refractivity contribution in [2.45, 2.75) is 39.8 Å². The normalized spacial score (nSPS) is 12.5. The third kappa shape index (κ3) is 4.79. The van der Waals surface area contributed by atoms with E-state index in [1.807, 2.05) is 33.8 Å². The fourth-order valence-corrected chi connectivity index (χ4v) is 1.44. The molecule has 0 saturated heterocycles. The van der Waals surface area contributed by atoms with E-state index in [9.17, 15) is 0 Å². The Morgan fingerprint density at radius 2 is 2.06 bits per heavy atom. The maximum absolute atomic E-state index is 5.81. The smallest absolute Gasteiger partial charge is 0.239 e. The van der Waals surface area contributed by atoms with Crippen LogP contribution in [0.15, 0.2) is 12.1 Å². The van der Waals surface area contributed by atoms with E-state index in [4.69, 9.17) is 15.2 Å². The highest BCUT2D eigenvalue weighted by Gasteiger charge is 2.08. The van der Waals surface area contributed by atoms with Crippen molar-refractivity contribution in [3.8, 4) is 5.88 Å². The first-order chi connectivity index (χ1) is 8.52. The second kappa shape index (κ2) is 7.06. The van der Waals surface area contributed by atoms with Crippen molar-refractivity contribution in [2.75, 3.05) is 24.3 Å². The molecule has 0 saturated carbocycles. The molecular formula is C13H23N3O2. The number of pyridine rings is 1. The minimum atomic E-state index is 0.0518. The largest absolute Gasteiger partial charge is 0.473 e. The molecule has 1 atom stereocenters. The standard InChI is InChI=1S/C13H23N3O2/c1-5-17-8-10(4)15-12-7-6-11(14)13(16-12)18-9(2)3/h6-7,9-10H,5,8,14H2,1-4H3,(H,15,16). The molecule has 0 spiro atoms. The van der Waals surface area contributed by atoms with Crippen LogP contribution in [-0.4, -0.2) is 30.3 Å². The van der Waals surface area contributed by atoms with Gasteiger partial charge < -0.3 is 20.5 Å². The molecule has 0 aliphatic rings. The Labute approximate surface area is 109 Å². The van der Waals surface area contributed by atoms with Crippen molar-refractivity contribution in [2.24, 2.45) is 0 Å². The van der Waals surface area contributed by atoms with E-state index in [2.05, 4.69) is 10.3 Å². The van der Waals surface area contributed by atoms with Crippen molar-refractivity contribution >= 4 is 11.5 Å². The van der Waals surface area contributed by atoms with E-state index >= 15 is 0 Å². The van der Waals surface area contributed by atoms with Gasteiger partial charge in [-0.25, -0.2) is 0 Å². The van der Waals surface area contributed by atoms with E-state index in [1.54, 1.807) is 6.07 Å². The maximum atomic E-state index is 5.81. The Kier molecular flexibility index (Phi) is 5.71. The molecular weight excluding hydrogens is 230 g/mol. The molecule has 0 bridgehead atoms. The monoisotopic (exact) mass is 253 g/mol. The van der Waals surface area contributed by atoms with Gasteiger partial charge in [0.1, 0.15) is 5.82 Å². The highest BCUT2D eigenvalue weighted by molar-refractivity contribution is 5.53. The Bertz CT molecular complexity index is 369. The summed E-state index contributed by atoms with van der Waals surface area (Å²) in [5.74, 6) is 1.21. The Hall–Kier alpha value is -1.49. The first kappa shape index (κ1) is 14.6. The molecule has 1 rings (SSSR count). The van der Waals surface area contributed by atoms with Crippen LogP contribution in [0.3, 0.4) is 0 Å². The van der Waals surface area contributed by atoms with Gasteiger partial charge in [-0.1, -0.05) is 0 Å². The molecule has 5 heteroatoms. The molecule has 3 N–H and O–H groups in total. The van der Waals surface area contributed by atoms with E-state index < -0.39 is 0 Å². The molecule has 1 heterocycles. The predicted octanol–water partition coefficient (Wildman–Crippen LogP) is 2.29. The highest BCUT2D eigenvalue weighted by atomic mass is 16.5. The van der Waals surface area contributed by atoms with Crippen LogP contribution in [0.2, 0.25) is 0 Å². The highest BCUT2D eigenvalue weighted by Crippen LogP contribution is 2.22. The number of nitrogens with one attached hydrogen (secondary N) is 1. The number of nitrogens with zero attached hydrogens (tertiary/aromatic N) is 1. The van der Waals surface area contributed by atoms with Crippen LogP contribution in [-0.2, 0) is 4.74 Å². The van der Waals surface area contributed by atoms with Gasteiger partial charge in [-0.05, 0) is 39.8 Å². The molecule has 1 aromatic heterocycles. The second-order valence-corrected chi connectivity index (χ2v) is 4.46. The van der Waals surface area contributed by atoms with Crippen LogP contribution in [0.25, 0.3) is 0 Å². The van der Waals surface area contributed by atoms with Crippen LogP contribution in [0.4, 0.5) is 11.5 Å². The lowest BCUT2D eigenvalue weighted by molar-refractivity contribution is 0.141. The fourth-order valence-electron chi connectivity index (χ4n) is 1.44. The second-order valence-electron chi connectivity index (χ2n) is 4.46. The third-order valence-electron chi connectivity index (χ3n) is 2.20. The predicted molar refractivity (Wildman–Crippen MR) is 74.0 cm³/mol. The average Bonchev–Trinajstić information content (AvgIpc) is 2.30. The number of hydrogen-bond donors (Lipinski definition) is 2. The van der Waals surface area contributed by atoms with Gasteiger partial charge in [-0.15, -0.1) is 0 Å². The lowest BCUT2D eigenvalue weighted by Crippen LogP contribution is -2.22. The summed E-state index contributed by atoms with van der Waals surface area (Å²) in [6, 6.07) is 3.82. The molecule has 0 amide bonds. The van der Waals surface area contributed by atoms with E-state index in [0.717, 1.165) is 5.82 Å². The van der Waals surface area contributed by atoms with Gasteiger partial charge in [0.2, 0.25) is 5.88 Å². The zero-order valence-corrected chi connectivity index (χ0v) is 11.6. The van der Waals surface area contributed by atoms with Crippen molar-refractivity contribution in [1.82, 2.24) is 4.98 Å². The number of anilines is 2. The molecule has 0 fully saturated rings. The average molecular weight is 253 g/mol. The molecule has 0 aromatic carbocycles. The molecule has 18 heavy (non-hydrogen) atoms. The molecule has 0 aliphatic carbocycles. The Morgan fingerprint density at radius 3 is 2.67 bits per heavy atom. The minimum Gasteiger partial charge on any atom is -0.473 e. The summed E-state index contributed by atoms with van der Waals surface area (Å²) in [6.45, 7) is 9.25. The van der Waals surface area contributed by atoms with Gasteiger partial charge in [0.05, 0.1) is 18.4 Å². The Balaban J connectivity index is 2.66. The van der Waals surface area contributed by atoms with Crippen LogP contribution in [0, 0.1) is 0 Å². The first-order valence-corrected chi connectivity index (χ1v) is 6.30.